The summed E-state index contributed by atoms with van der Waals surface area (Å²) in [5.41, 5.74) is 0.714. The first-order valence-corrected chi connectivity index (χ1v) is 9.82. The van der Waals surface area contributed by atoms with Crippen LogP contribution in [0.5, 0.6) is 11.6 Å². The third-order valence-electron chi connectivity index (χ3n) is 3.75. The Morgan fingerprint density at radius 1 is 1.07 bits per heavy atom. The van der Waals surface area contributed by atoms with Crippen molar-refractivity contribution in [2.45, 2.75) is 4.90 Å². The molecule has 0 radical (unpaired) electrons. The molecule has 0 fully saturated rings. The number of benzene rings is 1. The maximum Gasteiger partial charge on any atom is 0.339 e. The van der Waals surface area contributed by atoms with Crippen molar-refractivity contribution in [1.29, 1.82) is 0 Å². The van der Waals surface area contributed by atoms with Gasteiger partial charge in [-0.1, -0.05) is 19.4 Å². The zero-order valence-corrected chi connectivity index (χ0v) is 15.8. The van der Waals surface area contributed by atoms with Gasteiger partial charge in [-0.3, -0.25) is 4.68 Å². The van der Waals surface area contributed by atoms with Gasteiger partial charge in [-0.2, -0.15) is 5.10 Å². The fourth-order valence-corrected chi connectivity index (χ4v) is 3.03. The fraction of sp³-hybridized carbons (Fsp3) is 0.118. The molecule has 1 aromatic carbocycles. The predicted octanol–water partition coefficient (Wildman–Crippen LogP) is 5.72. The smallest absolute Gasteiger partial charge is 0.339 e. The van der Waals surface area contributed by atoms with E-state index in [1.165, 1.54) is 17.9 Å². The SMILES string of the molecule is COC(=O)c1cnc(Oc2ccc(S(F)(F)(F)(F)F)cc2)c(-c2ccn(C)n2)c1. The summed E-state index contributed by atoms with van der Waals surface area (Å²) in [5, 5.41) is 4.18. The van der Waals surface area contributed by atoms with Gasteiger partial charge in [-0.25, -0.2) is 9.78 Å². The van der Waals surface area contributed by atoms with Crippen LogP contribution >= 0.6 is 10.2 Å². The van der Waals surface area contributed by atoms with E-state index in [-0.39, 0.29) is 34.9 Å². The van der Waals surface area contributed by atoms with E-state index in [9.17, 15) is 24.2 Å². The quantitative estimate of drug-likeness (QED) is 0.379. The number of hydrogen-bond donors (Lipinski definition) is 0. The minimum atomic E-state index is -9.78. The van der Waals surface area contributed by atoms with E-state index in [0.29, 0.717) is 5.69 Å². The molecule has 156 valence electrons. The molecule has 0 unspecified atom stereocenters. The second kappa shape index (κ2) is 6.17. The lowest BCUT2D eigenvalue weighted by molar-refractivity contribution is 0.0600. The number of nitrogens with zero attached hydrogens (tertiary/aromatic N) is 3. The standard InChI is InChI=1S/C17H14F5N3O3S/c1-25-8-7-15(24-25)14-9-11(17(26)27-2)10-23-16(14)28-12-3-5-13(6-4-12)29(18,19,20,21)22/h3-10H,1-2H3. The van der Waals surface area contributed by atoms with Crippen LogP contribution in [0, 0.1) is 0 Å². The monoisotopic (exact) mass is 435 g/mol. The summed E-state index contributed by atoms with van der Waals surface area (Å²) >= 11 is 0. The minimum absolute atomic E-state index is 0.0866. The molecule has 0 spiro atoms. The van der Waals surface area contributed by atoms with Gasteiger partial charge in [-0.05, 0) is 36.4 Å². The largest absolute Gasteiger partial charge is 0.465 e. The Balaban J connectivity index is 2.00. The Labute approximate surface area is 161 Å². The van der Waals surface area contributed by atoms with Crippen molar-refractivity contribution < 1.29 is 33.7 Å². The van der Waals surface area contributed by atoms with Crippen LogP contribution in [0.3, 0.4) is 0 Å². The Morgan fingerprint density at radius 2 is 1.72 bits per heavy atom. The van der Waals surface area contributed by atoms with Crippen LogP contribution in [-0.2, 0) is 11.8 Å². The van der Waals surface area contributed by atoms with E-state index in [4.69, 9.17) is 4.74 Å². The predicted molar refractivity (Wildman–Crippen MR) is 95.7 cm³/mol. The third kappa shape index (κ3) is 4.65. The Bertz CT molecular complexity index is 1080. The summed E-state index contributed by atoms with van der Waals surface area (Å²) < 4.78 is 75.8. The number of carbonyl (C=O) groups excluding carboxylic acids is 1. The molecule has 12 heteroatoms. The molecule has 3 aromatic rings. The highest BCUT2D eigenvalue weighted by molar-refractivity contribution is 8.45. The van der Waals surface area contributed by atoms with Crippen molar-refractivity contribution >= 4 is 16.2 Å². The van der Waals surface area contributed by atoms with Crippen LogP contribution in [0.1, 0.15) is 10.4 Å². The van der Waals surface area contributed by atoms with Gasteiger partial charge in [0, 0.05) is 19.4 Å². The molecule has 0 N–H and O–H groups in total. The molecule has 6 nitrogen and oxygen atoms in total. The number of pyridine rings is 1. The molecule has 0 atom stereocenters. The zero-order valence-electron chi connectivity index (χ0n) is 15.0. The van der Waals surface area contributed by atoms with E-state index >= 15 is 0 Å². The zero-order chi connectivity index (χ0) is 21.5. The second-order valence-electron chi connectivity index (χ2n) is 5.99. The number of methoxy groups -OCH3 is 1. The Morgan fingerprint density at radius 3 is 2.24 bits per heavy atom. The van der Waals surface area contributed by atoms with E-state index in [2.05, 4.69) is 14.8 Å². The van der Waals surface area contributed by atoms with E-state index < -0.39 is 21.1 Å². The van der Waals surface area contributed by atoms with Crippen LogP contribution < -0.4 is 4.74 Å². The molecule has 0 aliphatic carbocycles. The molecule has 0 bridgehead atoms. The minimum Gasteiger partial charge on any atom is -0.465 e. The Kier molecular flexibility index (Phi) is 4.38. The van der Waals surface area contributed by atoms with Gasteiger partial charge < -0.3 is 9.47 Å². The Hall–Kier alpha value is -3.15. The van der Waals surface area contributed by atoms with Crippen molar-refractivity contribution in [1.82, 2.24) is 14.8 Å². The van der Waals surface area contributed by atoms with Crippen molar-refractivity contribution in [3.63, 3.8) is 0 Å². The molecule has 0 aliphatic heterocycles. The molecule has 0 saturated carbocycles. The molecule has 2 heterocycles. The number of halogens is 5. The van der Waals surface area contributed by atoms with Crippen molar-refractivity contribution in [2.75, 3.05) is 7.11 Å². The summed E-state index contributed by atoms with van der Waals surface area (Å²) in [7, 11) is -6.94. The lowest BCUT2D eigenvalue weighted by Gasteiger charge is -2.40. The number of aromatic nitrogens is 3. The van der Waals surface area contributed by atoms with Crippen molar-refractivity contribution in [2.24, 2.45) is 7.05 Å². The first-order valence-electron chi connectivity index (χ1n) is 7.87. The van der Waals surface area contributed by atoms with E-state index in [0.717, 1.165) is 18.3 Å². The van der Waals surface area contributed by atoms with Crippen LogP contribution in [0.4, 0.5) is 19.4 Å². The van der Waals surface area contributed by atoms with Crippen LogP contribution in [0.15, 0.2) is 53.7 Å². The summed E-state index contributed by atoms with van der Waals surface area (Å²) in [4.78, 5) is 13.7. The lowest BCUT2D eigenvalue weighted by atomic mass is 10.1. The second-order valence-corrected chi connectivity index (χ2v) is 8.39. The molecule has 3 rings (SSSR count). The average molecular weight is 435 g/mol. The number of esters is 1. The van der Waals surface area contributed by atoms with E-state index in [1.807, 2.05) is 0 Å². The van der Waals surface area contributed by atoms with Crippen molar-refractivity contribution in [3.05, 3.63) is 54.4 Å². The number of ether oxygens (including phenoxy) is 2. The highest BCUT2D eigenvalue weighted by Crippen LogP contribution is 3.02. The topological polar surface area (TPSA) is 66.2 Å². The van der Waals surface area contributed by atoms with Gasteiger partial charge in [0.15, 0.2) is 0 Å². The van der Waals surface area contributed by atoms with Gasteiger partial charge in [0.2, 0.25) is 5.88 Å². The van der Waals surface area contributed by atoms with Gasteiger partial charge in [0.25, 0.3) is 0 Å². The molecule has 0 amide bonds. The number of aryl methyl sites for hydroxylation is 1. The van der Waals surface area contributed by atoms with Gasteiger partial charge >= 0.3 is 16.2 Å². The molecule has 2 aromatic heterocycles. The first kappa shape index (κ1) is 20.6. The van der Waals surface area contributed by atoms with Gasteiger partial charge in [0.1, 0.15) is 10.6 Å². The average Bonchev–Trinajstić information content (AvgIpc) is 3.06. The molecule has 29 heavy (non-hydrogen) atoms. The summed E-state index contributed by atoms with van der Waals surface area (Å²) in [5.74, 6) is -0.913. The molecular formula is C17H14F5N3O3S. The molecule has 0 saturated heterocycles. The number of carbonyl (C=O) groups is 1. The third-order valence-corrected chi connectivity index (χ3v) is 4.91. The van der Waals surface area contributed by atoms with Gasteiger partial charge in [-0.15, -0.1) is 0 Å². The fourth-order valence-electron chi connectivity index (χ4n) is 2.38. The maximum atomic E-state index is 12.8. The van der Waals surface area contributed by atoms with E-state index in [1.54, 1.807) is 19.3 Å². The normalized spacial score (nSPS) is 14.0. The first-order chi connectivity index (χ1) is 13.3. The number of hydrogen-bond acceptors (Lipinski definition) is 5. The van der Waals surface area contributed by atoms with Crippen molar-refractivity contribution in [3.8, 4) is 22.9 Å². The molecule has 0 aliphatic rings. The number of rotatable bonds is 5. The summed E-state index contributed by atoms with van der Waals surface area (Å²) in [6.45, 7) is 0. The van der Waals surface area contributed by atoms with Crippen LogP contribution in [0.2, 0.25) is 0 Å². The summed E-state index contributed by atoms with van der Waals surface area (Å²) in [6, 6.07) is 4.97. The van der Waals surface area contributed by atoms with Gasteiger partial charge in [0.05, 0.1) is 23.9 Å². The van der Waals surface area contributed by atoms with Crippen LogP contribution in [0.25, 0.3) is 11.3 Å². The highest BCUT2D eigenvalue weighted by atomic mass is 32.5. The summed E-state index contributed by atoms with van der Waals surface area (Å²) in [6.07, 6.45) is 2.77. The lowest BCUT2D eigenvalue weighted by Crippen LogP contribution is -2.06. The highest BCUT2D eigenvalue weighted by Gasteiger charge is 2.65. The maximum absolute atomic E-state index is 12.8. The van der Waals surface area contributed by atoms with Crippen LogP contribution in [-0.4, -0.2) is 27.8 Å². The molecular weight excluding hydrogens is 421 g/mol.